The molecule has 3 aromatic carbocycles. The Bertz CT molecular complexity index is 1030. The molecule has 0 aliphatic heterocycles. The average Bonchev–Trinajstić information content (AvgIpc) is 3.13. The van der Waals surface area contributed by atoms with Crippen LogP contribution in [0.5, 0.6) is 0 Å². The number of fused-ring (bicyclic) bond motifs is 3. The Balaban J connectivity index is 1.34. The van der Waals surface area contributed by atoms with Gasteiger partial charge in [-0.25, -0.2) is 5.43 Å². The molecule has 3 aromatic rings. The lowest BCUT2D eigenvalue weighted by Crippen LogP contribution is -2.21. The lowest BCUT2D eigenvalue weighted by Gasteiger charge is -2.20. The van der Waals surface area contributed by atoms with Crippen LogP contribution in [0.25, 0.3) is 11.1 Å². The van der Waals surface area contributed by atoms with Crippen LogP contribution in [0, 0.1) is 0 Å². The summed E-state index contributed by atoms with van der Waals surface area (Å²) in [7, 11) is 0. The van der Waals surface area contributed by atoms with E-state index in [1.54, 1.807) is 18.0 Å². The minimum absolute atomic E-state index is 0.0946. The quantitative estimate of drug-likeness (QED) is 0.381. The zero-order valence-electron chi connectivity index (χ0n) is 17.9. The summed E-state index contributed by atoms with van der Waals surface area (Å²) in [4.78, 5) is 14.7. The molecule has 1 amide bonds. The molecule has 0 saturated heterocycles. The molecule has 4 nitrogen and oxygen atoms in total. The Morgan fingerprint density at radius 2 is 1.52 bits per heavy atom. The predicted octanol–water partition coefficient (Wildman–Crippen LogP) is 5.49. The van der Waals surface area contributed by atoms with Crippen molar-refractivity contribution < 1.29 is 4.79 Å². The van der Waals surface area contributed by atoms with Gasteiger partial charge in [0.1, 0.15) is 0 Å². The minimum Gasteiger partial charge on any atom is -0.372 e. The van der Waals surface area contributed by atoms with Gasteiger partial charge in [-0.05, 0) is 53.8 Å². The van der Waals surface area contributed by atoms with E-state index in [4.69, 9.17) is 0 Å². The third-order valence-corrected chi connectivity index (χ3v) is 6.85. The molecule has 4 rings (SSSR count). The van der Waals surface area contributed by atoms with Crippen molar-refractivity contribution in [1.29, 1.82) is 0 Å². The van der Waals surface area contributed by atoms with Crippen LogP contribution in [-0.4, -0.2) is 31.0 Å². The van der Waals surface area contributed by atoms with Gasteiger partial charge in [-0.1, -0.05) is 60.7 Å². The topological polar surface area (TPSA) is 44.7 Å². The zero-order chi connectivity index (χ0) is 21.6. The molecule has 1 N–H and O–H groups in total. The number of hydrazone groups is 1. The van der Waals surface area contributed by atoms with Crippen LogP contribution in [0.3, 0.4) is 0 Å². The Morgan fingerprint density at radius 3 is 2.10 bits per heavy atom. The highest BCUT2D eigenvalue weighted by atomic mass is 32.2. The van der Waals surface area contributed by atoms with E-state index in [1.807, 2.05) is 12.1 Å². The molecule has 0 unspecified atom stereocenters. The van der Waals surface area contributed by atoms with Gasteiger partial charge < -0.3 is 4.90 Å². The summed E-state index contributed by atoms with van der Waals surface area (Å²) in [5.74, 6) is 0.258. The summed E-state index contributed by atoms with van der Waals surface area (Å²) >= 11 is 1.64. The number of carbonyl (C=O) groups is 1. The maximum atomic E-state index is 12.4. The van der Waals surface area contributed by atoms with E-state index in [2.05, 4.69) is 89.9 Å². The first-order valence-corrected chi connectivity index (χ1v) is 11.7. The van der Waals surface area contributed by atoms with E-state index >= 15 is 0 Å². The van der Waals surface area contributed by atoms with E-state index in [9.17, 15) is 4.79 Å². The molecule has 0 heterocycles. The first kappa shape index (κ1) is 21.2. The van der Waals surface area contributed by atoms with E-state index in [1.165, 1.54) is 27.9 Å². The molecular formula is C26H27N3OS. The van der Waals surface area contributed by atoms with Gasteiger partial charge in [0.05, 0.1) is 17.2 Å². The van der Waals surface area contributed by atoms with Gasteiger partial charge in [0.15, 0.2) is 0 Å². The fraction of sp³-hybridized carbons (Fsp3) is 0.231. The summed E-state index contributed by atoms with van der Waals surface area (Å²) in [5.41, 5.74) is 9.90. The number of nitrogens with zero attached hydrogens (tertiary/aromatic N) is 2. The fourth-order valence-electron chi connectivity index (χ4n) is 4.02. The molecule has 0 bridgehead atoms. The molecule has 1 aliphatic rings. The van der Waals surface area contributed by atoms with Crippen molar-refractivity contribution in [2.75, 3.05) is 23.7 Å². The van der Waals surface area contributed by atoms with Crippen LogP contribution >= 0.6 is 11.8 Å². The van der Waals surface area contributed by atoms with Gasteiger partial charge in [0, 0.05) is 18.8 Å². The van der Waals surface area contributed by atoms with Crippen LogP contribution in [0.1, 0.15) is 35.8 Å². The molecule has 31 heavy (non-hydrogen) atoms. The molecule has 0 atom stereocenters. The summed E-state index contributed by atoms with van der Waals surface area (Å²) < 4.78 is 0. The number of anilines is 1. The summed E-state index contributed by atoms with van der Waals surface area (Å²) in [6, 6.07) is 25.1. The van der Waals surface area contributed by atoms with Crippen molar-refractivity contribution in [1.82, 2.24) is 5.43 Å². The fourth-order valence-corrected chi connectivity index (χ4v) is 5.17. The van der Waals surface area contributed by atoms with Crippen molar-refractivity contribution in [2.45, 2.75) is 19.1 Å². The highest BCUT2D eigenvalue weighted by molar-refractivity contribution is 8.00. The number of amides is 1. The number of carbonyl (C=O) groups excluding carboxylic acids is 1. The third kappa shape index (κ3) is 4.67. The molecule has 158 valence electrons. The van der Waals surface area contributed by atoms with Gasteiger partial charge in [-0.2, -0.15) is 5.10 Å². The number of hydrogen-bond donors (Lipinski definition) is 1. The Hall–Kier alpha value is -3.05. The van der Waals surface area contributed by atoms with Gasteiger partial charge in [0.2, 0.25) is 5.91 Å². The van der Waals surface area contributed by atoms with Crippen LogP contribution in [0.4, 0.5) is 5.69 Å². The highest BCUT2D eigenvalue weighted by Gasteiger charge is 2.28. The maximum Gasteiger partial charge on any atom is 0.250 e. The van der Waals surface area contributed by atoms with Crippen molar-refractivity contribution in [3.8, 4) is 11.1 Å². The van der Waals surface area contributed by atoms with Gasteiger partial charge in [0.25, 0.3) is 0 Å². The van der Waals surface area contributed by atoms with Gasteiger partial charge in [-0.3, -0.25) is 4.79 Å². The third-order valence-electron chi connectivity index (χ3n) is 5.58. The molecular weight excluding hydrogens is 402 g/mol. The zero-order valence-corrected chi connectivity index (χ0v) is 18.7. The number of rotatable bonds is 8. The number of nitrogens with one attached hydrogen (secondary N) is 1. The van der Waals surface area contributed by atoms with Gasteiger partial charge in [-0.15, -0.1) is 11.8 Å². The SMILES string of the molecule is CCN(CC)c1ccc(/C=N/NC(=O)CSC2c3ccccc3-c3ccccc32)cc1. The summed E-state index contributed by atoms with van der Waals surface area (Å²) in [6.07, 6.45) is 1.69. The Kier molecular flexibility index (Phi) is 6.73. The van der Waals surface area contributed by atoms with Crippen LogP contribution < -0.4 is 10.3 Å². The molecule has 5 heteroatoms. The molecule has 0 aromatic heterocycles. The van der Waals surface area contributed by atoms with Crippen LogP contribution in [0.2, 0.25) is 0 Å². The second-order valence-corrected chi connectivity index (χ2v) is 8.52. The standard InChI is InChI=1S/C26H27N3OS/c1-3-29(4-2)20-15-13-19(14-16-20)17-27-28-25(30)18-31-26-23-11-7-5-9-21(23)22-10-6-8-12-24(22)26/h5-17,26H,3-4,18H2,1-2H3,(H,28,30)/b27-17+. The normalized spacial score (nSPS) is 12.6. The first-order valence-electron chi connectivity index (χ1n) is 10.7. The van der Waals surface area contributed by atoms with Crippen molar-refractivity contribution in [2.24, 2.45) is 5.10 Å². The smallest absolute Gasteiger partial charge is 0.250 e. The van der Waals surface area contributed by atoms with Crippen molar-refractivity contribution in [3.63, 3.8) is 0 Å². The minimum atomic E-state index is -0.0946. The maximum absolute atomic E-state index is 12.4. The number of benzene rings is 3. The number of hydrogen-bond acceptors (Lipinski definition) is 4. The lowest BCUT2D eigenvalue weighted by molar-refractivity contribution is -0.118. The average molecular weight is 430 g/mol. The largest absolute Gasteiger partial charge is 0.372 e. The van der Waals surface area contributed by atoms with E-state index < -0.39 is 0 Å². The molecule has 0 radical (unpaired) electrons. The lowest BCUT2D eigenvalue weighted by atomic mass is 10.1. The van der Waals surface area contributed by atoms with Crippen LogP contribution in [-0.2, 0) is 4.79 Å². The summed E-state index contributed by atoms with van der Waals surface area (Å²) in [6.45, 7) is 6.26. The molecule has 0 saturated carbocycles. The van der Waals surface area contributed by atoms with Crippen molar-refractivity contribution in [3.05, 3.63) is 89.5 Å². The summed E-state index contributed by atoms with van der Waals surface area (Å²) in [5, 5.41) is 4.31. The number of thioether (sulfide) groups is 1. The Morgan fingerprint density at radius 1 is 0.935 bits per heavy atom. The van der Waals surface area contributed by atoms with Gasteiger partial charge >= 0.3 is 0 Å². The highest BCUT2D eigenvalue weighted by Crippen LogP contribution is 2.49. The predicted molar refractivity (Wildman–Crippen MR) is 132 cm³/mol. The second-order valence-electron chi connectivity index (χ2n) is 7.42. The Labute approximate surface area is 188 Å². The molecule has 0 spiro atoms. The van der Waals surface area contributed by atoms with Crippen molar-refractivity contribution >= 4 is 29.6 Å². The second kappa shape index (κ2) is 9.84. The molecule has 0 fully saturated rings. The van der Waals surface area contributed by atoms with E-state index in [0.29, 0.717) is 5.75 Å². The monoisotopic (exact) mass is 429 g/mol. The van der Waals surface area contributed by atoms with E-state index in [-0.39, 0.29) is 11.2 Å². The van der Waals surface area contributed by atoms with E-state index in [0.717, 1.165) is 18.7 Å². The van der Waals surface area contributed by atoms with Crippen LogP contribution in [0.15, 0.2) is 77.9 Å². The first-order chi connectivity index (χ1) is 15.2. The molecule has 1 aliphatic carbocycles.